The summed E-state index contributed by atoms with van der Waals surface area (Å²) in [6, 6.07) is 0. The highest BCUT2D eigenvalue weighted by Gasteiger charge is 2.30. The first-order valence-electron chi connectivity index (χ1n) is 6.10. The molecule has 0 bridgehead atoms. The van der Waals surface area contributed by atoms with Crippen molar-refractivity contribution in [2.75, 3.05) is 45.8 Å². The highest BCUT2D eigenvalue weighted by Crippen LogP contribution is 2.11. The van der Waals surface area contributed by atoms with Crippen molar-refractivity contribution in [3.8, 4) is 0 Å². The standard InChI is InChI=1S/C11H19N3O3/c15-10(16)1-2-13-3-5-14(6-4-13)11(17)9-7-12-8-9/h9,12H,1-8H2,(H,15,16). The molecular weight excluding hydrogens is 222 g/mol. The summed E-state index contributed by atoms with van der Waals surface area (Å²) in [5.74, 6) is -0.341. The number of rotatable bonds is 4. The Labute approximate surface area is 101 Å². The molecule has 0 aromatic carbocycles. The van der Waals surface area contributed by atoms with Crippen LogP contribution in [0.3, 0.4) is 0 Å². The molecule has 0 saturated carbocycles. The number of nitrogens with zero attached hydrogens (tertiary/aromatic N) is 2. The second-order valence-electron chi connectivity index (χ2n) is 4.67. The molecule has 17 heavy (non-hydrogen) atoms. The van der Waals surface area contributed by atoms with E-state index in [0.717, 1.165) is 39.3 Å². The minimum absolute atomic E-state index is 0.167. The van der Waals surface area contributed by atoms with E-state index < -0.39 is 5.97 Å². The van der Waals surface area contributed by atoms with Crippen LogP contribution in [0.1, 0.15) is 6.42 Å². The van der Waals surface area contributed by atoms with E-state index >= 15 is 0 Å². The summed E-state index contributed by atoms with van der Waals surface area (Å²) in [5, 5.41) is 11.7. The van der Waals surface area contributed by atoms with Crippen molar-refractivity contribution in [3.63, 3.8) is 0 Å². The minimum atomic E-state index is -0.760. The molecule has 0 aromatic heterocycles. The van der Waals surface area contributed by atoms with Crippen molar-refractivity contribution < 1.29 is 14.7 Å². The molecule has 2 heterocycles. The molecule has 2 rings (SSSR count). The van der Waals surface area contributed by atoms with Crippen LogP contribution in [0.5, 0.6) is 0 Å². The van der Waals surface area contributed by atoms with E-state index in [4.69, 9.17) is 5.11 Å². The number of aliphatic carboxylic acids is 1. The van der Waals surface area contributed by atoms with Crippen LogP contribution in [-0.2, 0) is 9.59 Å². The second kappa shape index (κ2) is 5.46. The largest absolute Gasteiger partial charge is 0.481 e. The number of hydrogen-bond acceptors (Lipinski definition) is 4. The molecule has 6 nitrogen and oxygen atoms in total. The van der Waals surface area contributed by atoms with Crippen molar-refractivity contribution in [2.24, 2.45) is 5.92 Å². The van der Waals surface area contributed by atoms with Gasteiger partial charge in [0.2, 0.25) is 5.91 Å². The zero-order valence-electron chi connectivity index (χ0n) is 9.89. The van der Waals surface area contributed by atoms with Crippen LogP contribution < -0.4 is 5.32 Å². The zero-order chi connectivity index (χ0) is 12.3. The van der Waals surface area contributed by atoms with Crippen molar-refractivity contribution in [1.29, 1.82) is 0 Å². The topological polar surface area (TPSA) is 72.9 Å². The van der Waals surface area contributed by atoms with Crippen LogP contribution in [0.25, 0.3) is 0 Å². The quantitative estimate of drug-likeness (QED) is 0.648. The SMILES string of the molecule is O=C(O)CCN1CCN(C(=O)C2CNC2)CC1. The number of amides is 1. The molecule has 0 atom stereocenters. The Hall–Kier alpha value is -1.14. The maximum absolute atomic E-state index is 11.9. The molecule has 2 aliphatic rings. The van der Waals surface area contributed by atoms with E-state index in [1.165, 1.54) is 0 Å². The predicted molar refractivity (Wildman–Crippen MR) is 61.6 cm³/mol. The molecule has 0 spiro atoms. The molecule has 0 aromatic rings. The van der Waals surface area contributed by atoms with Crippen LogP contribution in [0.2, 0.25) is 0 Å². The van der Waals surface area contributed by atoms with Gasteiger partial charge in [0.1, 0.15) is 0 Å². The molecule has 96 valence electrons. The van der Waals surface area contributed by atoms with Gasteiger partial charge in [0.25, 0.3) is 0 Å². The maximum Gasteiger partial charge on any atom is 0.304 e. The Bertz CT molecular complexity index is 296. The third-order valence-corrected chi connectivity index (χ3v) is 3.46. The summed E-state index contributed by atoms with van der Waals surface area (Å²) in [6.45, 7) is 5.24. The average molecular weight is 241 g/mol. The summed E-state index contributed by atoms with van der Waals surface area (Å²) in [5.41, 5.74) is 0. The number of nitrogens with one attached hydrogen (secondary N) is 1. The van der Waals surface area contributed by atoms with Gasteiger partial charge in [-0.25, -0.2) is 0 Å². The van der Waals surface area contributed by atoms with Gasteiger partial charge in [-0.1, -0.05) is 0 Å². The Morgan fingerprint density at radius 1 is 1.18 bits per heavy atom. The predicted octanol–water partition coefficient (Wildman–Crippen LogP) is -1.18. The summed E-state index contributed by atoms with van der Waals surface area (Å²) in [4.78, 5) is 26.4. The number of piperazine rings is 1. The molecule has 6 heteroatoms. The molecule has 1 amide bonds. The average Bonchev–Trinajstić information content (AvgIpc) is 2.24. The summed E-state index contributed by atoms with van der Waals surface area (Å²) < 4.78 is 0. The van der Waals surface area contributed by atoms with Gasteiger partial charge >= 0.3 is 5.97 Å². The van der Waals surface area contributed by atoms with Gasteiger partial charge in [-0.3, -0.25) is 14.5 Å². The normalized spacial score (nSPS) is 22.2. The first kappa shape index (κ1) is 12.3. The lowest BCUT2D eigenvalue weighted by Gasteiger charge is -2.38. The molecule has 2 aliphatic heterocycles. The molecule has 0 aliphatic carbocycles. The summed E-state index contributed by atoms with van der Waals surface area (Å²) in [7, 11) is 0. The van der Waals surface area contributed by atoms with Gasteiger partial charge in [0, 0.05) is 45.8 Å². The lowest BCUT2D eigenvalue weighted by molar-refractivity contribution is -0.140. The van der Waals surface area contributed by atoms with Crippen molar-refractivity contribution in [2.45, 2.75) is 6.42 Å². The number of carbonyl (C=O) groups is 2. The first-order valence-corrected chi connectivity index (χ1v) is 6.10. The van der Waals surface area contributed by atoms with Gasteiger partial charge in [0.05, 0.1) is 12.3 Å². The Balaban J connectivity index is 1.70. The second-order valence-corrected chi connectivity index (χ2v) is 4.67. The summed E-state index contributed by atoms with van der Waals surface area (Å²) >= 11 is 0. The van der Waals surface area contributed by atoms with E-state index in [1.807, 2.05) is 4.90 Å². The first-order chi connectivity index (χ1) is 8.16. The summed E-state index contributed by atoms with van der Waals surface area (Å²) in [6.07, 6.45) is 0.181. The smallest absolute Gasteiger partial charge is 0.304 e. The van der Waals surface area contributed by atoms with Crippen LogP contribution in [-0.4, -0.2) is 72.6 Å². The van der Waals surface area contributed by atoms with Gasteiger partial charge in [-0.05, 0) is 0 Å². The number of carboxylic acid groups (broad SMARTS) is 1. The van der Waals surface area contributed by atoms with Crippen LogP contribution in [0.15, 0.2) is 0 Å². The van der Waals surface area contributed by atoms with E-state index in [9.17, 15) is 9.59 Å². The molecule has 2 saturated heterocycles. The third-order valence-electron chi connectivity index (χ3n) is 3.46. The number of hydrogen-bond donors (Lipinski definition) is 2. The fourth-order valence-corrected chi connectivity index (χ4v) is 2.17. The Morgan fingerprint density at radius 3 is 2.29 bits per heavy atom. The number of carboxylic acids is 1. The molecular formula is C11H19N3O3. The molecule has 0 unspecified atom stereocenters. The highest BCUT2D eigenvalue weighted by molar-refractivity contribution is 5.80. The lowest BCUT2D eigenvalue weighted by atomic mass is 10.0. The number of carbonyl (C=O) groups excluding carboxylic acids is 1. The zero-order valence-corrected chi connectivity index (χ0v) is 9.89. The van der Waals surface area contributed by atoms with Crippen LogP contribution >= 0.6 is 0 Å². The Morgan fingerprint density at radius 2 is 1.82 bits per heavy atom. The van der Waals surface area contributed by atoms with Crippen molar-refractivity contribution in [3.05, 3.63) is 0 Å². The van der Waals surface area contributed by atoms with E-state index in [1.54, 1.807) is 0 Å². The van der Waals surface area contributed by atoms with E-state index in [-0.39, 0.29) is 18.2 Å². The van der Waals surface area contributed by atoms with Crippen LogP contribution in [0.4, 0.5) is 0 Å². The monoisotopic (exact) mass is 241 g/mol. The van der Waals surface area contributed by atoms with Gasteiger partial charge < -0.3 is 15.3 Å². The lowest BCUT2D eigenvalue weighted by Crippen LogP contribution is -2.56. The molecule has 2 N–H and O–H groups in total. The van der Waals surface area contributed by atoms with Gasteiger partial charge in [0.15, 0.2) is 0 Å². The van der Waals surface area contributed by atoms with Gasteiger partial charge in [-0.2, -0.15) is 0 Å². The third kappa shape index (κ3) is 3.17. The Kier molecular flexibility index (Phi) is 3.96. The highest BCUT2D eigenvalue weighted by atomic mass is 16.4. The van der Waals surface area contributed by atoms with E-state index in [2.05, 4.69) is 10.2 Å². The fourth-order valence-electron chi connectivity index (χ4n) is 2.17. The van der Waals surface area contributed by atoms with Crippen molar-refractivity contribution >= 4 is 11.9 Å². The maximum atomic E-state index is 11.9. The molecule has 2 fully saturated rings. The molecule has 0 radical (unpaired) electrons. The van der Waals surface area contributed by atoms with E-state index in [0.29, 0.717) is 6.54 Å². The minimum Gasteiger partial charge on any atom is -0.481 e. The van der Waals surface area contributed by atoms with Gasteiger partial charge in [-0.15, -0.1) is 0 Å². The van der Waals surface area contributed by atoms with Crippen LogP contribution in [0, 0.1) is 5.92 Å². The fraction of sp³-hybridized carbons (Fsp3) is 0.818. The van der Waals surface area contributed by atoms with Crippen molar-refractivity contribution in [1.82, 2.24) is 15.1 Å².